The normalized spacial score (nSPS) is 36.8. The average Bonchev–Trinajstić information content (AvgIpc) is 3.05. The Bertz CT molecular complexity index is 432. The van der Waals surface area contributed by atoms with E-state index in [0.29, 0.717) is 38.1 Å². The first-order valence-corrected chi connectivity index (χ1v) is 7.96. The maximum atomic E-state index is 12.8. The molecule has 3 aliphatic rings. The van der Waals surface area contributed by atoms with E-state index in [-0.39, 0.29) is 42.3 Å². The SMILES string of the molecule is CC(=O)NCC1CN(C(=O)C2C3CCC(C3)C2N)CCO1.Cl. The number of nitrogens with zero attached hydrogens (tertiary/aromatic N) is 1. The summed E-state index contributed by atoms with van der Waals surface area (Å²) in [5.74, 6) is 1.15. The zero-order valence-corrected chi connectivity index (χ0v) is 13.8. The molecule has 3 N–H and O–H groups in total. The molecule has 5 unspecified atom stereocenters. The van der Waals surface area contributed by atoms with Gasteiger partial charge in [-0.2, -0.15) is 0 Å². The van der Waals surface area contributed by atoms with E-state index >= 15 is 0 Å². The lowest BCUT2D eigenvalue weighted by molar-refractivity contribution is -0.145. The highest BCUT2D eigenvalue weighted by Gasteiger charge is 2.50. The van der Waals surface area contributed by atoms with Crippen molar-refractivity contribution in [1.29, 1.82) is 0 Å². The van der Waals surface area contributed by atoms with Crippen molar-refractivity contribution < 1.29 is 14.3 Å². The number of morpholine rings is 1. The molecular weight excluding hydrogens is 306 g/mol. The van der Waals surface area contributed by atoms with Crippen LogP contribution in [0.15, 0.2) is 0 Å². The molecule has 7 heteroatoms. The number of hydrogen-bond acceptors (Lipinski definition) is 4. The van der Waals surface area contributed by atoms with Crippen molar-refractivity contribution in [3.05, 3.63) is 0 Å². The van der Waals surface area contributed by atoms with E-state index in [0.717, 1.165) is 12.8 Å². The fraction of sp³-hybridized carbons (Fsp3) is 0.867. The van der Waals surface area contributed by atoms with Crippen molar-refractivity contribution in [2.75, 3.05) is 26.2 Å². The second-order valence-electron chi connectivity index (χ2n) is 6.65. The highest BCUT2D eigenvalue weighted by Crippen LogP contribution is 2.48. The number of fused-ring (bicyclic) bond motifs is 2. The highest BCUT2D eigenvalue weighted by molar-refractivity contribution is 5.85. The van der Waals surface area contributed by atoms with E-state index < -0.39 is 0 Å². The summed E-state index contributed by atoms with van der Waals surface area (Å²) >= 11 is 0. The molecule has 0 aromatic heterocycles. The molecule has 1 saturated heterocycles. The molecule has 2 saturated carbocycles. The van der Waals surface area contributed by atoms with E-state index in [2.05, 4.69) is 5.32 Å². The van der Waals surface area contributed by atoms with Gasteiger partial charge in [-0.3, -0.25) is 9.59 Å². The monoisotopic (exact) mass is 331 g/mol. The Morgan fingerprint density at radius 2 is 2.05 bits per heavy atom. The predicted molar refractivity (Wildman–Crippen MR) is 84.5 cm³/mol. The fourth-order valence-electron chi connectivity index (χ4n) is 4.21. The van der Waals surface area contributed by atoms with Crippen LogP contribution in [-0.2, 0) is 14.3 Å². The predicted octanol–water partition coefficient (Wildman–Crippen LogP) is 0.145. The standard InChI is InChI=1S/C15H25N3O3.ClH/c1-9(19)17-7-12-8-18(4-5-21-12)15(20)13-10-2-3-11(6-10)14(13)16;/h10-14H,2-8,16H2,1H3,(H,17,19);1H. The third-order valence-corrected chi connectivity index (χ3v) is 5.29. The van der Waals surface area contributed by atoms with Gasteiger partial charge in [-0.25, -0.2) is 0 Å². The molecule has 3 fully saturated rings. The Morgan fingerprint density at radius 3 is 2.68 bits per heavy atom. The maximum Gasteiger partial charge on any atom is 0.227 e. The number of halogens is 1. The summed E-state index contributed by atoms with van der Waals surface area (Å²) in [6.07, 6.45) is 3.34. The number of hydrogen-bond donors (Lipinski definition) is 2. The van der Waals surface area contributed by atoms with Gasteiger partial charge in [0.15, 0.2) is 0 Å². The van der Waals surface area contributed by atoms with Crippen molar-refractivity contribution in [3.8, 4) is 0 Å². The van der Waals surface area contributed by atoms with Gasteiger partial charge < -0.3 is 20.7 Å². The summed E-state index contributed by atoms with van der Waals surface area (Å²) in [7, 11) is 0. The number of carbonyl (C=O) groups is 2. The molecule has 5 atom stereocenters. The molecule has 2 amide bonds. The third-order valence-electron chi connectivity index (χ3n) is 5.29. The molecule has 2 bridgehead atoms. The first kappa shape index (κ1) is 17.5. The molecular formula is C15H26ClN3O3. The van der Waals surface area contributed by atoms with Crippen molar-refractivity contribution in [2.24, 2.45) is 23.5 Å². The lowest BCUT2D eigenvalue weighted by atomic mass is 9.84. The smallest absolute Gasteiger partial charge is 0.227 e. The van der Waals surface area contributed by atoms with Crippen LogP contribution in [0.5, 0.6) is 0 Å². The van der Waals surface area contributed by atoms with Crippen molar-refractivity contribution in [2.45, 2.75) is 38.3 Å². The van der Waals surface area contributed by atoms with Crippen LogP contribution >= 0.6 is 12.4 Å². The summed E-state index contributed by atoms with van der Waals surface area (Å²) in [6, 6.07) is 0.0351. The van der Waals surface area contributed by atoms with Crippen LogP contribution < -0.4 is 11.1 Å². The van der Waals surface area contributed by atoms with Gasteiger partial charge in [0, 0.05) is 32.6 Å². The Kier molecular flexibility index (Phi) is 5.69. The lowest BCUT2D eigenvalue weighted by Crippen LogP contribution is -2.54. The van der Waals surface area contributed by atoms with Crippen LogP contribution in [-0.4, -0.2) is 55.1 Å². The number of amides is 2. The van der Waals surface area contributed by atoms with E-state index in [1.807, 2.05) is 4.90 Å². The topological polar surface area (TPSA) is 84.7 Å². The van der Waals surface area contributed by atoms with Crippen molar-refractivity contribution in [3.63, 3.8) is 0 Å². The number of rotatable bonds is 3. The van der Waals surface area contributed by atoms with Gasteiger partial charge in [0.2, 0.25) is 11.8 Å². The van der Waals surface area contributed by atoms with Crippen LogP contribution in [0.4, 0.5) is 0 Å². The van der Waals surface area contributed by atoms with Crippen LogP contribution in [0.1, 0.15) is 26.2 Å². The van der Waals surface area contributed by atoms with Gasteiger partial charge in [0.05, 0.1) is 18.6 Å². The van der Waals surface area contributed by atoms with E-state index in [4.69, 9.17) is 10.5 Å². The van der Waals surface area contributed by atoms with E-state index in [9.17, 15) is 9.59 Å². The van der Waals surface area contributed by atoms with Crippen LogP contribution in [0.25, 0.3) is 0 Å². The first-order valence-electron chi connectivity index (χ1n) is 7.96. The molecule has 3 rings (SSSR count). The van der Waals surface area contributed by atoms with Crippen LogP contribution in [0.3, 0.4) is 0 Å². The quantitative estimate of drug-likeness (QED) is 0.770. The number of nitrogens with one attached hydrogen (secondary N) is 1. The van der Waals surface area contributed by atoms with Gasteiger partial charge in [0.1, 0.15) is 0 Å². The summed E-state index contributed by atoms with van der Waals surface area (Å²) < 4.78 is 5.62. The average molecular weight is 332 g/mol. The number of carbonyl (C=O) groups excluding carboxylic acids is 2. The second kappa shape index (κ2) is 7.15. The summed E-state index contributed by atoms with van der Waals surface area (Å²) in [5, 5.41) is 2.75. The minimum atomic E-state index is -0.110. The molecule has 0 aromatic rings. The Hall–Kier alpha value is -0.850. The fourth-order valence-corrected chi connectivity index (χ4v) is 4.21. The Balaban J connectivity index is 0.00000176. The van der Waals surface area contributed by atoms with Gasteiger partial charge in [-0.05, 0) is 31.1 Å². The molecule has 2 aliphatic carbocycles. The number of nitrogens with two attached hydrogens (primary N) is 1. The van der Waals surface area contributed by atoms with Gasteiger partial charge in [-0.1, -0.05) is 0 Å². The third kappa shape index (κ3) is 3.39. The zero-order valence-electron chi connectivity index (χ0n) is 13.0. The van der Waals surface area contributed by atoms with Crippen molar-refractivity contribution in [1.82, 2.24) is 10.2 Å². The summed E-state index contributed by atoms with van der Waals surface area (Å²) in [6.45, 7) is 3.67. The minimum absolute atomic E-state index is 0. The van der Waals surface area contributed by atoms with Crippen LogP contribution in [0, 0.1) is 17.8 Å². The van der Waals surface area contributed by atoms with Gasteiger partial charge >= 0.3 is 0 Å². The van der Waals surface area contributed by atoms with Crippen LogP contribution in [0.2, 0.25) is 0 Å². The molecule has 126 valence electrons. The molecule has 0 spiro atoms. The summed E-state index contributed by atoms with van der Waals surface area (Å²) in [5.41, 5.74) is 6.27. The Morgan fingerprint density at radius 1 is 1.32 bits per heavy atom. The second-order valence-corrected chi connectivity index (χ2v) is 6.65. The Labute approximate surface area is 137 Å². The molecule has 1 aliphatic heterocycles. The van der Waals surface area contributed by atoms with Gasteiger partial charge in [-0.15, -0.1) is 12.4 Å². The minimum Gasteiger partial charge on any atom is -0.373 e. The molecule has 0 aromatic carbocycles. The lowest BCUT2D eigenvalue weighted by Gasteiger charge is -2.37. The van der Waals surface area contributed by atoms with Crippen molar-refractivity contribution >= 4 is 24.2 Å². The molecule has 6 nitrogen and oxygen atoms in total. The summed E-state index contributed by atoms with van der Waals surface area (Å²) in [4.78, 5) is 25.7. The zero-order chi connectivity index (χ0) is 15.0. The maximum absolute atomic E-state index is 12.8. The largest absolute Gasteiger partial charge is 0.373 e. The van der Waals surface area contributed by atoms with Gasteiger partial charge in [0.25, 0.3) is 0 Å². The van der Waals surface area contributed by atoms with E-state index in [1.54, 1.807) is 0 Å². The molecule has 22 heavy (non-hydrogen) atoms. The molecule has 0 radical (unpaired) electrons. The van der Waals surface area contributed by atoms with E-state index in [1.165, 1.54) is 13.3 Å². The number of ether oxygens (including phenoxy) is 1. The molecule has 1 heterocycles. The first-order chi connectivity index (χ1) is 10.1. The highest BCUT2D eigenvalue weighted by atomic mass is 35.5.